The second-order valence-corrected chi connectivity index (χ2v) is 5.83. The molecule has 3 aromatic rings. The van der Waals surface area contributed by atoms with E-state index >= 15 is 0 Å². The molecule has 0 aliphatic heterocycles. The van der Waals surface area contributed by atoms with Gasteiger partial charge in [0, 0.05) is 17.8 Å². The summed E-state index contributed by atoms with van der Waals surface area (Å²) in [5.41, 5.74) is 8.23. The van der Waals surface area contributed by atoms with Crippen molar-refractivity contribution in [1.29, 1.82) is 0 Å². The molecule has 108 valence electrons. The fourth-order valence-electron chi connectivity index (χ4n) is 2.38. The minimum atomic E-state index is -0.817. The molecule has 0 saturated heterocycles. The molecule has 0 aliphatic carbocycles. The second-order valence-electron chi connectivity index (χ2n) is 4.79. The maximum atomic E-state index is 10.9. The number of imidazole rings is 1. The summed E-state index contributed by atoms with van der Waals surface area (Å²) in [4.78, 5) is 16.7. The van der Waals surface area contributed by atoms with Gasteiger partial charge in [-0.2, -0.15) is 0 Å². The Morgan fingerprint density at radius 1 is 1.33 bits per heavy atom. The molecule has 6 heteroatoms. The Morgan fingerprint density at radius 2 is 2.19 bits per heavy atom. The lowest BCUT2D eigenvalue weighted by Crippen LogP contribution is -2.08. The van der Waals surface area contributed by atoms with Crippen LogP contribution in [0.2, 0.25) is 0 Å². The summed E-state index contributed by atoms with van der Waals surface area (Å²) >= 11 is 1.66. The Labute approximate surface area is 125 Å². The first-order chi connectivity index (χ1) is 10.1. The Kier molecular flexibility index (Phi) is 3.62. The SMILES string of the molecule is Nc1cccc2c1nc(Cc1cccs1)n2CCC(=O)O. The van der Waals surface area contributed by atoms with Gasteiger partial charge in [-0.15, -0.1) is 11.3 Å². The predicted octanol–water partition coefficient (Wildman–Crippen LogP) is 2.75. The average Bonchev–Trinajstić information content (AvgIpc) is 3.05. The summed E-state index contributed by atoms with van der Waals surface area (Å²) in [6.45, 7) is 0.399. The molecular weight excluding hydrogens is 286 g/mol. The Hall–Kier alpha value is -2.34. The molecule has 0 bridgehead atoms. The van der Waals surface area contributed by atoms with Gasteiger partial charge in [0.25, 0.3) is 0 Å². The molecule has 1 aromatic carbocycles. The number of aromatic nitrogens is 2. The highest BCUT2D eigenvalue weighted by Crippen LogP contribution is 2.24. The lowest BCUT2D eigenvalue weighted by molar-refractivity contribution is -0.137. The Balaban J connectivity index is 2.05. The monoisotopic (exact) mass is 301 g/mol. The number of nitrogens with two attached hydrogens (primary N) is 1. The average molecular weight is 301 g/mol. The molecule has 21 heavy (non-hydrogen) atoms. The maximum absolute atomic E-state index is 10.9. The number of nitrogens with zero attached hydrogens (tertiary/aromatic N) is 2. The first-order valence-electron chi connectivity index (χ1n) is 6.63. The zero-order valence-electron chi connectivity index (χ0n) is 11.3. The van der Waals surface area contributed by atoms with Gasteiger partial charge >= 0.3 is 5.97 Å². The first kappa shape index (κ1) is 13.6. The lowest BCUT2D eigenvalue weighted by Gasteiger charge is -2.07. The summed E-state index contributed by atoms with van der Waals surface area (Å²) < 4.78 is 1.96. The molecule has 0 unspecified atom stereocenters. The molecule has 0 saturated carbocycles. The van der Waals surface area contributed by atoms with E-state index in [1.807, 2.05) is 34.2 Å². The second kappa shape index (κ2) is 5.57. The van der Waals surface area contributed by atoms with Crippen LogP contribution in [0.4, 0.5) is 5.69 Å². The van der Waals surface area contributed by atoms with E-state index in [0.29, 0.717) is 18.7 Å². The molecule has 0 fully saturated rings. The zero-order chi connectivity index (χ0) is 14.8. The zero-order valence-corrected chi connectivity index (χ0v) is 12.1. The molecule has 2 heterocycles. The van der Waals surface area contributed by atoms with E-state index in [1.165, 1.54) is 4.88 Å². The maximum Gasteiger partial charge on any atom is 0.305 e. The van der Waals surface area contributed by atoms with E-state index in [4.69, 9.17) is 10.8 Å². The van der Waals surface area contributed by atoms with E-state index in [-0.39, 0.29) is 6.42 Å². The predicted molar refractivity (Wildman–Crippen MR) is 83.5 cm³/mol. The Bertz CT molecular complexity index is 778. The van der Waals surface area contributed by atoms with Crippen molar-refractivity contribution in [2.75, 3.05) is 5.73 Å². The molecule has 0 aliphatic rings. The van der Waals surface area contributed by atoms with E-state index < -0.39 is 5.97 Å². The van der Waals surface area contributed by atoms with E-state index in [1.54, 1.807) is 11.3 Å². The number of benzene rings is 1. The summed E-state index contributed by atoms with van der Waals surface area (Å²) in [5.74, 6) is 0.0365. The molecule has 3 rings (SSSR count). The number of nitrogen functional groups attached to an aromatic ring is 1. The number of carboxylic acid groups (broad SMARTS) is 1. The number of carbonyl (C=O) groups is 1. The number of aryl methyl sites for hydroxylation is 1. The largest absolute Gasteiger partial charge is 0.481 e. The van der Waals surface area contributed by atoms with Crippen LogP contribution in [-0.4, -0.2) is 20.6 Å². The first-order valence-corrected chi connectivity index (χ1v) is 7.51. The van der Waals surface area contributed by atoms with Gasteiger partial charge in [-0.05, 0) is 23.6 Å². The molecule has 0 spiro atoms. The van der Waals surface area contributed by atoms with Gasteiger partial charge in [0.05, 0.1) is 17.6 Å². The van der Waals surface area contributed by atoms with Crippen LogP contribution in [0.1, 0.15) is 17.1 Å². The van der Waals surface area contributed by atoms with Gasteiger partial charge in [0.1, 0.15) is 11.3 Å². The lowest BCUT2D eigenvalue weighted by atomic mass is 10.2. The molecule has 2 aromatic heterocycles. The van der Waals surface area contributed by atoms with Crippen LogP contribution >= 0.6 is 11.3 Å². The van der Waals surface area contributed by atoms with Crippen molar-refractivity contribution in [3.63, 3.8) is 0 Å². The number of hydrogen-bond acceptors (Lipinski definition) is 4. The standard InChI is InChI=1S/C15H15N3O2S/c16-11-4-1-5-12-15(11)17-13(9-10-3-2-8-21-10)18(12)7-6-14(19)20/h1-5,8H,6-7,9,16H2,(H,19,20). The number of thiophene rings is 1. The van der Waals surface area contributed by atoms with E-state index in [0.717, 1.165) is 16.9 Å². The minimum absolute atomic E-state index is 0.0672. The number of aliphatic carboxylic acids is 1. The van der Waals surface area contributed by atoms with Crippen molar-refractivity contribution in [2.45, 2.75) is 19.4 Å². The summed E-state index contributed by atoms with van der Waals surface area (Å²) in [7, 11) is 0. The van der Waals surface area contributed by atoms with Gasteiger partial charge in [-0.1, -0.05) is 12.1 Å². The number of rotatable bonds is 5. The molecule has 0 amide bonds. The number of anilines is 1. The van der Waals surface area contributed by atoms with Crippen molar-refractivity contribution < 1.29 is 9.90 Å². The highest BCUT2D eigenvalue weighted by atomic mass is 32.1. The number of hydrogen-bond donors (Lipinski definition) is 2. The highest BCUT2D eigenvalue weighted by Gasteiger charge is 2.14. The van der Waals surface area contributed by atoms with Crippen molar-refractivity contribution in [3.05, 3.63) is 46.4 Å². The van der Waals surface area contributed by atoms with Crippen LogP contribution in [0.3, 0.4) is 0 Å². The minimum Gasteiger partial charge on any atom is -0.481 e. The fourth-order valence-corrected chi connectivity index (χ4v) is 3.08. The van der Waals surface area contributed by atoms with Crippen LogP contribution < -0.4 is 5.73 Å². The van der Waals surface area contributed by atoms with Gasteiger partial charge < -0.3 is 15.4 Å². The van der Waals surface area contributed by atoms with Crippen molar-refractivity contribution in [1.82, 2.24) is 9.55 Å². The summed E-state index contributed by atoms with van der Waals surface area (Å²) in [6.07, 6.45) is 0.753. The number of para-hydroxylation sites is 1. The topological polar surface area (TPSA) is 81.1 Å². The van der Waals surface area contributed by atoms with Crippen LogP contribution in [0, 0.1) is 0 Å². The van der Waals surface area contributed by atoms with E-state index in [9.17, 15) is 4.79 Å². The van der Waals surface area contributed by atoms with Crippen LogP contribution in [0.15, 0.2) is 35.7 Å². The third-order valence-electron chi connectivity index (χ3n) is 3.35. The van der Waals surface area contributed by atoms with Gasteiger partial charge in [0.2, 0.25) is 0 Å². The van der Waals surface area contributed by atoms with Gasteiger partial charge in [0.15, 0.2) is 0 Å². The molecule has 5 nitrogen and oxygen atoms in total. The quantitative estimate of drug-likeness (QED) is 0.710. The third-order valence-corrected chi connectivity index (χ3v) is 4.23. The molecule has 0 atom stereocenters. The van der Waals surface area contributed by atoms with Crippen molar-refractivity contribution in [2.24, 2.45) is 0 Å². The van der Waals surface area contributed by atoms with Crippen LogP contribution in [0.25, 0.3) is 11.0 Å². The van der Waals surface area contributed by atoms with Crippen molar-refractivity contribution >= 4 is 34.0 Å². The third kappa shape index (κ3) is 2.75. The normalized spacial score (nSPS) is 11.0. The van der Waals surface area contributed by atoms with Gasteiger partial charge in [-0.25, -0.2) is 4.98 Å². The number of fused-ring (bicyclic) bond motifs is 1. The smallest absolute Gasteiger partial charge is 0.305 e. The molecule has 3 N–H and O–H groups in total. The number of carboxylic acids is 1. The van der Waals surface area contributed by atoms with Crippen LogP contribution in [0.5, 0.6) is 0 Å². The highest BCUT2D eigenvalue weighted by molar-refractivity contribution is 7.09. The van der Waals surface area contributed by atoms with E-state index in [2.05, 4.69) is 11.1 Å². The fraction of sp³-hybridized carbons (Fsp3) is 0.200. The van der Waals surface area contributed by atoms with Crippen LogP contribution in [-0.2, 0) is 17.8 Å². The molecule has 0 radical (unpaired) electrons. The van der Waals surface area contributed by atoms with Crippen molar-refractivity contribution in [3.8, 4) is 0 Å². The molecular formula is C15H15N3O2S. The Morgan fingerprint density at radius 3 is 2.90 bits per heavy atom. The summed E-state index contributed by atoms with van der Waals surface area (Å²) in [6, 6.07) is 9.66. The summed E-state index contributed by atoms with van der Waals surface area (Å²) in [5, 5.41) is 11.0. The van der Waals surface area contributed by atoms with Gasteiger partial charge in [-0.3, -0.25) is 4.79 Å².